The van der Waals surface area contributed by atoms with Gasteiger partial charge in [0.05, 0.1) is 0 Å². The minimum atomic E-state index is 0.708. The van der Waals surface area contributed by atoms with Gasteiger partial charge in [0.15, 0.2) is 0 Å². The molecule has 0 amide bonds. The number of hydrogen-bond acceptors (Lipinski definition) is 2. The molecule has 0 aromatic carbocycles. The second-order valence-corrected chi connectivity index (χ2v) is 5.24. The first-order chi connectivity index (χ1) is 7.79. The van der Waals surface area contributed by atoms with Gasteiger partial charge in [0.2, 0.25) is 0 Å². The van der Waals surface area contributed by atoms with Gasteiger partial charge in [-0.15, -0.1) is 0 Å². The van der Waals surface area contributed by atoms with Crippen LogP contribution in [0.3, 0.4) is 0 Å². The van der Waals surface area contributed by atoms with Gasteiger partial charge >= 0.3 is 0 Å². The van der Waals surface area contributed by atoms with E-state index in [-0.39, 0.29) is 0 Å². The van der Waals surface area contributed by atoms with Crippen LogP contribution in [0, 0.1) is 5.41 Å². The Kier molecular flexibility index (Phi) is 5.77. The van der Waals surface area contributed by atoms with E-state index in [1.165, 1.54) is 51.9 Å². The molecule has 2 nitrogen and oxygen atoms in total. The predicted octanol–water partition coefficient (Wildman–Crippen LogP) is 2.89. The highest BCUT2D eigenvalue weighted by molar-refractivity contribution is 5.05. The summed E-state index contributed by atoms with van der Waals surface area (Å²) in [5.41, 5.74) is 0.708. The lowest BCUT2D eigenvalue weighted by Gasteiger charge is -2.58. The molecule has 0 bridgehead atoms. The number of nitrogens with zero attached hydrogens (tertiary/aromatic N) is 1. The Morgan fingerprint density at radius 2 is 1.56 bits per heavy atom. The molecule has 1 N–H and O–H groups in total. The molecule has 2 heteroatoms. The van der Waals surface area contributed by atoms with Gasteiger partial charge in [0.1, 0.15) is 0 Å². The van der Waals surface area contributed by atoms with Gasteiger partial charge in [0.25, 0.3) is 0 Å². The SMILES string of the molecule is CC.CCCC(CCC)N1CC2(CNC2)C1. The van der Waals surface area contributed by atoms with Gasteiger partial charge in [-0.1, -0.05) is 40.5 Å². The highest BCUT2D eigenvalue weighted by atomic mass is 15.3. The summed E-state index contributed by atoms with van der Waals surface area (Å²) in [6.07, 6.45) is 5.48. The first-order valence-electron chi connectivity index (χ1n) is 7.24. The van der Waals surface area contributed by atoms with Gasteiger partial charge < -0.3 is 5.32 Å². The minimum absolute atomic E-state index is 0.708. The maximum Gasteiger partial charge on any atom is 0.0207 e. The average molecular weight is 226 g/mol. The third-order valence-corrected chi connectivity index (χ3v) is 3.84. The summed E-state index contributed by atoms with van der Waals surface area (Å²) in [4.78, 5) is 2.72. The molecule has 0 atom stereocenters. The zero-order valence-electron chi connectivity index (χ0n) is 11.7. The molecule has 2 heterocycles. The van der Waals surface area contributed by atoms with Gasteiger partial charge in [-0.05, 0) is 12.8 Å². The molecule has 0 aliphatic carbocycles. The summed E-state index contributed by atoms with van der Waals surface area (Å²) < 4.78 is 0. The van der Waals surface area contributed by atoms with Crippen molar-refractivity contribution in [3.63, 3.8) is 0 Å². The molecular formula is C14H30N2. The molecule has 0 aromatic rings. The van der Waals surface area contributed by atoms with Crippen molar-refractivity contribution in [2.45, 2.75) is 59.4 Å². The van der Waals surface area contributed by atoms with Crippen LogP contribution in [0.25, 0.3) is 0 Å². The normalized spacial score (nSPS) is 22.3. The van der Waals surface area contributed by atoms with E-state index in [1.807, 2.05) is 13.8 Å². The van der Waals surface area contributed by atoms with Crippen LogP contribution in [0.4, 0.5) is 0 Å². The van der Waals surface area contributed by atoms with Gasteiger partial charge in [-0.2, -0.15) is 0 Å². The zero-order chi connectivity index (χ0) is 12.0. The third kappa shape index (κ3) is 2.98. The van der Waals surface area contributed by atoms with E-state index in [0.29, 0.717) is 5.41 Å². The van der Waals surface area contributed by atoms with Crippen molar-refractivity contribution in [2.24, 2.45) is 5.41 Å². The molecule has 2 aliphatic heterocycles. The summed E-state index contributed by atoms with van der Waals surface area (Å²) in [6.45, 7) is 13.9. The first-order valence-corrected chi connectivity index (χ1v) is 7.24. The van der Waals surface area contributed by atoms with Crippen molar-refractivity contribution in [3.8, 4) is 0 Å². The van der Waals surface area contributed by atoms with Crippen LogP contribution in [-0.2, 0) is 0 Å². The maximum absolute atomic E-state index is 3.40. The summed E-state index contributed by atoms with van der Waals surface area (Å²) in [6, 6.07) is 0.885. The fourth-order valence-electron chi connectivity index (χ4n) is 2.95. The van der Waals surface area contributed by atoms with Crippen molar-refractivity contribution < 1.29 is 0 Å². The predicted molar refractivity (Wildman–Crippen MR) is 71.8 cm³/mol. The summed E-state index contributed by atoms with van der Waals surface area (Å²) in [7, 11) is 0. The van der Waals surface area contributed by atoms with Crippen molar-refractivity contribution in [2.75, 3.05) is 26.2 Å². The van der Waals surface area contributed by atoms with Crippen LogP contribution in [0.1, 0.15) is 53.4 Å². The van der Waals surface area contributed by atoms with Gasteiger partial charge in [-0.25, -0.2) is 0 Å². The van der Waals surface area contributed by atoms with E-state index in [0.717, 1.165) is 6.04 Å². The van der Waals surface area contributed by atoms with Crippen LogP contribution in [-0.4, -0.2) is 37.1 Å². The summed E-state index contributed by atoms with van der Waals surface area (Å²) in [5, 5.41) is 3.40. The number of hydrogen-bond donors (Lipinski definition) is 1. The molecule has 0 radical (unpaired) electrons. The van der Waals surface area contributed by atoms with Crippen LogP contribution < -0.4 is 5.32 Å². The molecule has 2 saturated heterocycles. The van der Waals surface area contributed by atoms with Crippen molar-refractivity contribution in [1.82, 2.24) is 10.2 Å². The highest BCUT2D eigenvalue weighted by Crippen LogP contribution is 2.36. The van der Waals surface area contributed by atoms with Crippen LogP contribution >= 0.6 is 0 Å². The van der Waals surface area contributed by atoms with Crippen LogP contribution in [0.15, 0.2) is 0 Å². The monoisotopic (exact) mass is 226 g/mol. The van der Waals surface area contributed by atoms with E-state index in [1.54, 1.807) is 0 Å². The summed E-state index contributed by atoms with van der Waals surface area (Å²) >= 11 is 0. The number of rotatable bonds is 5. The molecule has 2 fully saturated rings. The van der Waals surface area contributed by atoms with Gasteiger partial charge in [-0.3, -0.25) is 4.90 Å². The summed E-state index contributed by atoms with van der Waals surface area (Å²) in [5.74, 6) is 0. The lowest BCUT2D eigenvalue weighted by atomic mass is 9.73. The molecular weight excluding hydrogens is 196 g/mol. The molecule has 96 valence electrons. The van der Waals surface area contributed by atoms with Crippen molar-refractivity contribution in [3.05, 3.63) is 0 Å². The van der Waals surface area contributed by atoms with E-state index in [4.69, 9.17) is 0 Å². The fourth-order valence-corrected chi connectivity index (χ4v) is 2.95. The molecule has 0 saturated carbocycles. The lowest BCUT2D eigenvalue weighted by Crippen LogP contribution is -2.72. The van der Waals surface area contributed by atoms with E-state index >= 15 is 0 Å². The third-order valence-electron chi connectivity index (χ3n) is 3.84. The molecule has 1 spiro atoms. The van der Waals surface area contributed by atoms with E-state index in [2.05, 4.69) is 24.1 Å². The topological polar surface area (TPSA) is 15.3 Å². The Bertz CT molecular complexity index is 173. The molecule has 2 aliphatic rings. The minimum Gasteiger partial charge on any atom is -0.315 e. The highest BCUT2D eigenvalue weighted by Gasteiger charge is 2.48. The second-order valence-electron chi connectivity index (χ2n) is 5.24. The fraction of sp³-hybridized carbons (Fsp3) is 1.00. The van der Waals surface area contributed by atoms with Crippen molar-refractivity contribution >= 4 is 0 Å². The number of likely N-dealkylation sites (tertiary alicyclic amines) is 1. The quantitative estimate of drug-likeness (QED) is 0.775. The second kappa shape index (κ2) is 6.61. The Labute approximate surface area is 102 Å². The van der Waals surface area contributed by atoms with Crippen LogP contribution in [0.2, 0.25) is 0 Å². The first kappa shape index (κ1) is 14.0. The zero-order valence-corrected chi connectivity index (χ0v) is 11.7. The lowest BCUT2D eigenvalue weighted by molar-refractivity contribution is -0.0684. The molecule has 0 unspecified atom stereocenters. The molecule has 0 aromatic heterocycles. The molecule has 16 heavy (non-hydrogen) atoms. The molecule has 2 rings (SSSR count). The average Bonchev–Trinajstić information content (AvgIpc) is 2.17. The van der Waals surface area contributed by atoms with Gasteiger partial charge in [0, 0.05) is 37.6 Å². The van der Waals surface area contributed by atoms with Crippen LogP contribution in [0.5, 0.6) is 0 Å². The Hall–Kier alpha value is -0.0800. The van der Waals surface area contributed by atoms with E-state index in [9.17, 15) is 0 Å². The van der Waals surface area contributed by atoms with Crippen molar-refractivity contribution in [1.29, 1.82) is 0 Å². The standard InChI is InChI=1S/C12H24N2.C2H6/c1-3-5-11(6-4-2)14-9-12(10-14)7-13-8-12;1-2/h11,13H,3-10H2,1-2H3;1-2H3. The Balaban J connectivity index is 0.000000606. The van der Waals surface area contributed by atoms with E-state index < -0.39 is 0 Å². The smallest absolute Gasteiger partial charge is 0.0207 e. The maximum atomic E-state index is 3.40. The Morgan fingerprint density at radius 3 is 1.88 bits per heavy atom. The Morgan fingerprint density at radius 1 is 1.06 bits per heavy atom. The number of nitrogens with one attached hydrogen (secondary N) is 1. The largest absolute Gasteiger partial charge is 0.315 e.